The summed E-state index contributed by atoms with van der Waals surface area (Å²) in [6.07, 6.45) is 5.06. The molecule has 0 heterocycles. The Balaban J connectivity index is 1.58. The van der Waals surface area contributed by atoms with Crippen LogP contribution in [-0.4, -0.2) is 43.8 Å². The molecular formula is C36H36Cl3N3O4S. The molecule has 0 radical (unpaired) electrons. The van der Waals surface area contributed by atoms with E-state index < -0.39 is 28.5 Å². The molecule has 2 amide bonds. The van der Waals surface area contributed by atoms with Gasteiger partial charge >= 0.3 is 0 Å². The first-order valence-corrected chi connectivity index (χ1v) is 18.1. The summed E-state index contributed by atoms with van der Waals surface area (Å²) in [5.41, 5.74) is 1.59. The number of sulfonamides is 1. The van der Waals surface area contributed by atoms with Gasteiger partial charge in [0, 0.05) is 39.6 Å². The summed E-state index contributed by atoms with van der Waals surface area (Å²) in [5, 5.41) is 4.23. The molecule has 1 atom stereocenters. The number of para-hydroxylation sites is 1. The average molecular weight is 713 g/mol. The highest BCUT2D eigenvalue weighted by atomic mass is 35.5. The van der Waals surface area contributed by atoms with Crippen molar-refractivity contribution in [1.82, 2.24) is 10.2 Å². The summed E-state index contributed by atoms with van der Waals surface area (Å²) >= 11 is 19.3. The van der Waals surface area contributed by atoms with E-state index in [9.17, 15) is 18.0 Å². The molecule has 0 aliphatic heterocycles. The van der Waals surface area contributed by atoms with Gasteiger partial charge in [0.1, 0.15) is 12.6 Å². The molecule has 5 rings (SSSR count). The van der Waals surface area contributed by atoms with Crippen molar-refractivity contribution in [3.8, 4) is 0 Å². The van der Waals surface area contributed by atoms with Gasteiger partial charge < -0.3 is 10.2 Å². The Morgan fingerprint density at radius 3 is 1.98 bits per heavy atom. The highest BCUT2D eigenvalue weighted by Gasteiger charge is 2.36. The Hall–Kier alpha value is -3.56. The van der Waals surface area contributed by atoms with Crippen LogP contribution in [0, 0.1) is 0 Å². The predicted octanol–water partition coefficient (Wildman–Crippen LogP) is 7.93. The van der Waals surface area contributed by atoms with Crippen molar-refractivity contribution >= 4 is 62.3 Å². The van der Waals surface area contributed by atoms with Gasteiger partial charge in [-0.1, -0.05) is 109 Å². The lowest BCUT2D eigenvalue weighted by Crippen LogP contribution is -2.55. The second-order valence-corrected chi connectivity index (χ2v) is 14.7. The number of anilines is 1. The van der Waals surface area contributed by atoms with Gasteiger partial charge in [0.15, 0.2) is 0 Å². The normalized spacial score (nSPS) is 14.3. The maximum absolute atomic E-state index is 14.6. The van der Waals surface area contributed by atoms with Crippen LogP contribution in [0.2, 0.25) is 15.1 Å². The largest absolute Gasteiger partial charge is 0.352 e. The number of hydrogen-bond acceptors (Lipinski definition) is 4. The maximum Gasteiger partial charge on any atom is 0.264 e. The molecule has 0 saturated heterocycles. The fraction of sp³-hybridized carbons (Fsp3) is 0.278. The van der Waals surface area contributed by atoms with Gasteiger partial charge in [-0.15, -0.1) is 0 Å². The number of nitrogens with zero attached hydrogens (tertiary/aromatic N) is 2. The molecule has 47 heavy (non-hydrogen) atoms. The fourth-order valence-corrected chi connectivity index (χ4v) is 7.87. The second-order valence-electron chi connectivity index (χ2n) is 11.6. The molecular weight excluding hydrogens is 677 g/mol. The molecule has 1 aliphatic rings. The van der Waals surface area contributed by atoms with Crippen LogP contribution in [0.1, 0.15) is 43.2 Å². The van der Waals surface area contributed by atoms with E-state index in [4.69, 9.17) is 34.8 Å². The third-order valence-electron chi connectivity index (χ3n) is 8.34. The standard InChI is InChI=1S/C36H36Cl3N3O4S/c37-27-19-21-30(22-20-27)47(45,46)42(29-15-8-3-9-16-29)25-35(43)41(24-31-32(38)17-10-18-33(31)39)34(23-26-11-4-1-5-12-26)36(44)40-28-13-6-2-7-14-28/h1,3-5,8-12,15-22,28,34H,2,6-7,13-14,23-25H2,(H,40,44)/t34-/m0/s1. The number of benzene rings is 4. The monoisotopic (exact) mass is 711 g/mol. The van der Waals surface area contributed by atoms with E-state index in [-0.39, 0.29) is 35.5 Å². The van der Waals surface area contributed by atoms with Crippen LogP contribution in [-0.2, 0) is 32.6 Å². The summed E-state index contributed by atoms with van der Waals surface area (Å²) in [6.45, 7) is -0.699. The number of halogens is 3. The van der Waals surface area contributed by atoms with Crippen molar-refractivity contribution in [2.75, 3.05) is 10.8 Å². The molecule has 4 aromatic rings. The average Bonchev–Trinajstić information content (AvgIpc) is 3.07. The number of nitrogens with one attached hydrogen (secondary N) is 1. The van der Waals surface area contributed by atoms with Crippen LogP contribution in [0.4, 0.5) is 5.69 Å². The zero-order valence-corrected chi connectivity index (χ0v) is 28.8. The van der Waals surface area contributed by atoms with E-state index in [0.29, 0.717) is 20.6 Å². The number of carbonyl (C=O) groups excluding carboxylic acids is 2. The van der Waals surface area contributed by atoms with Crippen LogP contribution in [0.5, 0.6) is 0 Å². The summed E-state index contributed by atoms with van der Waals surface area (Å²) < 4.78 is 29.3. The molecule has 0 bridgehead atoms. The minimum Gasteiger partial charge on any atom is -0.352 e. The van der Waals surface area contributed by atoms with Crippen molar-refractivity contribution in [1.29, 1.82) is 0 Å². The lowest BCUT2D eigenvalue weighted by Gasteiger charge is -2.35. The van der Waals surface area contributed by atoms with E-state index >= 15 is 0 Å². The van der Waals surface area contributed by atoms with Gasteiger partial charge in [-0.25, -0.2) is 8.42 Å². The smallest absolute Gasteiger partial charge is 0.264 e. The molecule has 1 saturated carbocycles. The summed E-state index contributed by atoms with van der Waals surface area (Å²) in [6, 6.07) is 27.6. The van der Waals surface area contributed by atoms with E-state index in [1.807, 2.05) is 30.3 Å². The van der Waals surface area contributed by atoms with Gasteiger partial charge in [0.2, 0.25) is 11.8 Å². The molecule has 1 aliphatic carbocycles. The zero-order valence-electron chi connectivity index (χ0n) is 25.7. The molecule has 0 spiro atoms. The van der Waals surface area contributed by atoms with Crippen LogP contribution >= 0.6 is 34.8 Å². The molecule has 4 aromatic carbocycles. The highest BCUT2D eigenvalue weighted by molar-refractivity contribution is 7.92. The fourth-order valence-electron chi connectivity index (χ4n) is 5.81. The SMILES string of the molecule is O=C(NC1CCCCC1)[C@H](Cc1ccccc1)N(Cc1c(Cl)cccc1Cl)C(=O)CN(c1ccccc1)S(=O)(=O)c1ccc(Cl)cc1. The molecule has 1 N–H and O–H groups in total. The van der Waals surface area contributed by atoms with E-state index in [1.165, 1.54) is 29.2 Å². The number of hydrogen-bond donors (Lipinski definition) is 1. The Labute approximate surface area is 291 Å². The Morgan fingerprint density at radius 2 is 1.36 bits per heavy atom. The molecule has 0 aromatic heterocycles. The van der Waals surface area contributed by atoms with Gasteiger partial charge in [-0.3, -0.25) is 13.9 Å². The molecule has 0 unspecified atom stereocenters. The van der Waals surface area contributed by atoms with Crippen molar-refractivity contribution < 1.29 is 18.0 Å². The predicted molar refractivity (Wildman–Crippen MR) is 188 cm³/mol. The van der Waals surface area contributed by atoms with Crippen molar-refractivity contribution in [2.45, 2.75) is 62.0 Å². The van der Waals surface area contributed by atoms with Crippen LogP contribution in [0.15, 0.2) is 108 Å². The van der Waals surface area contributed by atoms with Gasteiger partial charge in [-0.05, 0) is 66.9 Å². The number of amides is 2. The number of carbonyl (C=O) groups is 2. The molecule has 7 nitrogen and oxygen atoms in total. The van der Waals surface area contributed by atoms with Crippen LogP contribution in [0.3, 0.4) is 0 Å². The van der Waals surface area contributed by atoms with Gasteiger partial charge in [0.05, 0.1) is 10.6 Å². The van der Waals surface area contributed by atoms with E-state index in [0.717, 1.165) is 42.0 Å². The Bertz CT molecular complexity index is 1750. The first-order valence-electron chi connectivity index (χ1n) is 15.5. The molecule has 11 heteroatoms. The van der Waals surface area contributed by atoms with Crippen LogP contribution in [0.25, 0.3) is 0 Å². The van der Waals surface area contributed by atoms with Crippen molar-refractivity contribution in [2.24, 2.45) is 0 Å². The number of rotatable bonds is 12. The second kappa shape index (κ2) is 16.0. The van der Waals surface area contributed by atoms with Crippen molar-refractivity contribution in [3.05, 3.63) is 129 Å². The minimum absolute atomic E-state index is 0.0125. The highest BCUT2D eigenvalue weighted by Crippen LogP contribution is 2.29. The Morgan fingerprint density at radius 1 is 0.766 bits per heavy atom. The summed E-state index contributed by atoms with van der Waals surface area (Å²) in [4.78, 5) is 30.2. The van der Waals surface area contributed by atoms with E-state index in [1.54, 1.807) is 48.5 Å². The van der Waals surface area contributed by atoms with Crippen molar-refractivity contribution in [3.63, 3.8) is 0 Å². The summed E-state index contributed by atoms with van der Waals surface area (Å²) in [5.74, 6) is -0.911. The van der Waals surface area contributed by atoms with E-state index in [2.05, 4.69) is 5.32 Å². The molecule has 1 fully saturated rings. The van der Waals surface area contributed by atoms with Crippen LogP contribution < -0.4 is 9.62 Å². The third-order valence-corrected chi connectivity index (χ3v) is 11.1. The quantitative estimate of drug-likeness (QED) is 0.162. The maximum atomic E-state index is 14.6. The first-order chi connectivity index (χ1) is 22.6. The minimum atomic E-state index is -4.24. The first kappa shape index (κ1) is 34.8. The van der Waals surface area contributed by atoms with Gasteiger partial charge in [-0.2, -0.15) is 0 Å². The lowest BCUT2D eigenvalue weighted by atomic mass is 9.94. The topological polar surface area (TPSA) is 86.8 Å². The van der Waals surface area contributed by atoms with Gasteiger partial charge in [0.25, 0.3) is 10.0 Å². The molecule has 246 valence electrons. The third kappa shape index (κ3) is 8.87. The summed E-state index contributed by atoms with van der Waals surface area (Å²) in [7, 11) is -4.24. The zero-order chi connectivity index (χ0) is 33.4. The lowest BCUT2D eigenvalue weighted by molar-refractivity contribution is -0.140. The Kier molecular flexibility index (Phi) is 11.9.